The predicted octanol–water partition coefficient (Wildman–Crippen LogP) is -0.603. The smallest absolute Gasteiger partial charge is 0.204 e. The highest BCUT2D eigenvalue weighted by Gasteiger charge is 2.28. The van der Waals surface area contributed by atoms with Crippen molar-refractivity contribution in [3.63, 3.8) is 0 Å². The Morgan fingerprint density at radius 1 is 0.283 bits per heavy atom. The summed E-state index contributed by atoms with van der Waals surface area (Å²) in [6.45, 7) is 16.7. The van der Waals surface area contributed by atoms with E-state index < -0.39 is 0 Å². The van der Waals surface area contributed by atoms with Crippen LogP contribution in [0.4, 0.5) is 0 Å². The summed E-state index contributed by atoms with van der Waals surface area (Å²) in [5.41, 5.74) is 11.4. The van der Waals surface area contributed by atoms with Gasteiger partial charge in [0.25, 0.3) is 0 Å². The monoisotopic (exact) mass is 1490 g/mol. The SMILES string of the molecule is CCC1N=C(N(C)C)N(C)C(=NC)N1.CCC1N=C(N(C)C)N(C)C(N(C)C)=N1.CCC1N=C(N(C)C)NC(=NC)N1.CCC1N=C(N(C)C)NC(N(C)C)=N1.CCC1N=C(N)N(C)C(=NC)N1.CCC1N=C(N)N(C)C(N(C)C)=N1.CCC1NC(=NC)N(C)C(=NC)N1.CCC1NC(=NC)NC(=NC)N1. The Labute approximate surface area is 635 Å². The van der Waals surface area contributed by atoms with E-state index in [4.69, 9.17) is 11.5 Å². The van der Waals surface area contributed by atoms with Gasteiger partial charge >= 0.3 is 0 Å². The summed E-state index contributed by atoms with van der Waals surface area (Å²) in [5, 5.41) is 31.6. The van der Waals surface area contributed by atoms with Crippen LogP contribution in [0.25, 0.3) is 0 Å². The lowest BCUT2D eigenvalue weighted by Crippen LogP contribution is -2.63. The molecule has 0 bridgehead atoms. The third-order valence-corrected chi connectivity index (χ3v) is 15.9. The summed E-state index contributed by atoms with van der Waals surface area (Å²) < 4.78 is 0. The highest BCUT2D eigenvalue weighted by atomic mass is 15.5. The zero-order valence-electron chi connectivity index (χ0n) is 71.0. The molecule has 0 aromatic rings. The first kappa shape index (κ1) is 93.9. The Hall–Kier alpha value is -10.1. The molecule has 604 valence electrons. The Kier molecular flexibility index (Phi) is 42.6. The quantitative estimate of drug-likeness (QED) is 0.144. The van der Waals surface area contributed by atoms with Crippen LogP contribution in [-0.4, -0.2) is 387 Å². The van der Waals surface area contributed by atoms with Gasteiger partial charge < -0.3 is 83.0 Å². The van der Waals surface area contributed by atoms with E-state index in [0.717, 1.165) is 135 Å². The fourth-order valence-corrected chi connectivity index (χ4v) is 9.66. The van der Waals surface area contributed by atoms with E-state index in [-0.39, 0.29) is 49.3 Å². The maximum Gasteiger partial charge on any atom is 0.204 e. The number of nitrogens with zero attached hydrogens (tertiary/aromatic N) is 28. The van der Waals surface area contributed by atoms with Crippen LogP contribution in [0.2, 0.25) is 0 Å². The fraction of sp³-hybridized carbons (Fsp3) is 0.758. The number of hydrogen-bond acceptors (Lipinski definition) is 28. The maximum atomic E-state index is 5.74. The molecule has 0 spiro atoms. The van der Waals surface area contributed by atoms with Gasteiger partial charge in [-0.2, -0.15) is 0 Å². The molecule has 0 aliphatic carbocycles. The third-order valence-electron chi connectivity index (χ3n) is 15.9. The molecule has 106 heavy (non-hydrogen) atoms. The van der Waals surface area contributed by atoms with Gasteiger partial charge in [-0.3, -0.25) is 75.4 Å². The first-order valence-corrected chi connectivity index (χ1v) is 36.1. The van der Waals surface area contributed by atoms with Gasteiger partial charge in [-0.15, -0.1) is 0 Å². The summed E-state index contributed by atoms with van der Waals surface area (Å²) in [5.74, 6) is 13.0. The van der Waals surface area contributed by atoms with E-state index in [1.807, 2.05) is 197 Å². The van der Waals surface area contributed by atoms with Crippen LogP contribution in [0.1, 0.15) is 107 Å². The summed E-state index contributed by atoms with van der Waals surface area (Å²) in [6, 6.07) is 0. The molecular formula is C66H140N40. The summed E-state index contributed by atoms with van der Waals surface area (Å²) in [7, 11) is 49.5. The first-order valence-electron chi connectivity index (χ1n) is 36.1. The molecule has 4 atom stereocenters. The van der Waals surface area contributed by atoms with E-state index >= 15 is 0 Å². The molecule has 40 nitrogen and oxygen atoms in total. The third kappa shape index (κ3) is 30.2. The molecule has 14 N–H and O–H groups in total. The van der Waals surface area contributed by atoms with Crippen LogP contribution < -0.4 is 64.6 Å². The minimum Gasteiger partial charge on any atom is -0.369 e. The number of hydrogen-bond donors (Lipinski definition) is 12. The minimum atomic E-state index is -0.0198. The topological polar surface area (TPSA) is 409 Å². The number of aliphatic imine (C=N–C) groups is 16. The lowest BCUT2D eigenvalue weighted by atomic mass is 10.3. The van der Waals surface area contributed by atoms with Crippen molar-refractivity contribution in [2.75, 3.05) is 183 Å². The second-order valence-corrected chi connectivity index (χ2v) is 25.8. The molecule has 0 aromatic heterocycles. The van der Waals surface area contributed by atoms with Crippen molar-refractivity contribution in [2.45, 2.75) is 156 Å². The predicted molar refractivity (Wildman–Crippen MR) is 447 cm³/mol. The summed E-state index contributed by atoms with van der Waals surface area (Å²) in [6.07, 6.45) is 8.43. The first-order chi connectivity index (χ1) is 50.0. The zero-order chi connectivity index (χ0) is 80.8. The Morgan fingerprint density at radius 3 is 0.953 bits per heavy atom. The maximum absolute atomic E-state index is 5.74. The Balaban J connectivity index is 0.000000606. The van der Waals surface area contributed by atoms with E-state index in [1.165, 1.54) is 0 Å². The molecule has 2 fully saturated rings. The molecule has 0 radical (unpaired) electrons. The molecule has 0 saturated carbocycles. The summed E-state index contributed by atoms with van der Waals surface area (Å²) in [4.78, 5) is 91.7. The van der Waals surface area contributed by atoms with E-state index in [1.54, 1.807) is 59.1 Å². The Bertz CT molecular complexity index is 3070. The van der Waals surface area contributed by atoms with E-state index in [9.17, 15) is 0 Å². The minimum absolute atomic E-state index is 0.0198. The van der Waals surface area contributed by atoms with Crippen LogP contribution in [0.5, 0.6) is 0 Å². The normalized spacial score (nSPS) is 23.7. The van der Waals surface area contributed by atoms with Crippen LogP contribution >= 0.6 is 0 Å². The molecule has 40 heteroatoms. The molecule has 8 rings (SSSR count). The second-order valence-electron chi connectivity index (χ2n) is 25.8. The molecule has 8 aliphatic rings. The highest BCUT2D eigenvalue weighted by molar-refractivity contribution is 6.04. The molecule has 0 aromatic carbocycles. The average Bonchev–Trinajstić information content (AvgIpc) is 0.828. The molecular weight excluding hydrogens is 1350 g/mol. The van der Waals surface area contributed by atoms with Gasteiger partial charge in [0.1, 0.15) is 49.3 Å². The van der Waals surface area contributed by atoms with Gasteiger partial charge in [0, 0.05) is 183 Å². The zero-order valence-corrected chi connectivity index (χ0v) is 71.0. The largest absolute Gasteiger partial charge is 0.369 e. The van der Waals surface area contributed by atoms with Crippen molar-refractivity contribution < 1.29 is 0 Å². The standard InChI is InChI=1S/C10H21N5.2C9H19N5.3C8H17N5.2C7H15N5/c1-7-8-11-9(13(2)3)15(6)10(12-8)14(4)5;1-6-7-10-8(13(2)3)12-9(11-7)14(4)5;1-6-7-11-8(10-2)14(5)9(12-7)13(3)4;1-5-6-10-7(9)13(4)8(11-6)12(2)3;1-5-6-10-7(9-2)12-8(11-6)13(3)4;1-5-6-11-7(9-2)13(4)8(10-3)12-6;1-4-5-10-6(8)12(3)7(9-2)11-5;1-4-5-10-6(8-2)12-7(9-3)11-5/h8H,7H2,1-6H3;7H,6H2,1-5H3,(H,10,11,12);7H,6H2,1-5H3,(H,10,11);6H,5H2,1-4H3,(H2,9,10);6H,5H2,1-4H3,(H2,9,10,11,12);6H,5H2,1-4H3,(H,9,11)(H,10,12);5H,4H2,1-3H3,(H2,8,10)(H,9,11);5H,4H2,1-3H3,(H3,8,9,10,11,12). The Morgan fingerprint density at radius 2 is 0.594 bits per heavy atom. The highest BCUT2D eigenvalue weighted by Crippen LogP contribution is 2.14. The number of nitrogens with two attached hydrogens (primary N) is 2. The van der Waals surface area contributed by atoms with Crippen LogP contribution in [0.15, 0.2) is 79.9 Å². The number of nitrogens with one attached hydrogen (secondary N) is 10. The van der Waals surface area contributed by atoms with Crippen LogP contribution in [0, 0.1) is 0 Å². The molecule has 4 unspecified atom stereocenters. The van der Waals surface area contributed by atoms with Crippen LogP contribution in [-0.2, 0) is 0 Å². The van der Waals surface area contributed by atoms with E-state index in [0.29, 0.717) is 11.9 Å². The van der Waals surface area contributed by atoms with E-state index in [2.05, 4.69) is 175 Å². The van der Waals surface area contributed by atoms with Gasteiger partial charge in [-0.05, 0) is 51.4 Å². The number of guanidine groups is 16. The van der Waals surface area contributed by atoms with Gasteiger partial charge in [0.2, 0.25) is 65.6 Å². The molecule has 0 amide bonds. The number of rotatable bonds is 8. The van der Waals surface area contributed by atoms with Crippen molar-refractivity contribution in [1.82, 2.24) is 112 Å². The molecule has 2 saturated heterocycles. The lowest BCUT2D eigenvalue weighted by molar-refractivity contribution is 0.440. The van der Waals surface area contributed by atoms with Crippen molar-refractivity contribution in [1.29, 1.82) is 0 Å². The van der Waals surface area contributed by atoms with Gasteiger partial charge in [-0.25, -0.2) is 44.9 Å². The second kappa shape index (κ2) is 48.1. The van der Waals surface area contributed by atoms with Crippen molar-refractivity contribution in [3.8, 4) is 0 Å². The summed E-state index contributed by atoms with van der Waals surface area (Å²) >= 11 is 0. The van der Waals surface area contributed by atoms with Gasteiger partial charge in [-0.1, -0.05) is 55.4 Å². The van der Waals surface area contributed by atoms with Crippen LogP contribution in [0.3, 0.4) is 0 Å². The molecule has 8 heterocycles. The molecule has 8 aliphatic heterocycles. The van der Waals surface area contributed by atoms with Crippen molar-refractivity contribution in [3.05, 3.63) is 0 Å². The van der Waals surface area contributed by atoms with Gasteiger partial charge in [0.05, 0.1) is 0 Å². The van der Waals surface area contributed by atoms with Crippen molar-refractivity contribution >= 4 is 95.4 Å². The van der Waals surface area contributed by atoms with Gasteiger partial charge in [0.15, 0.2) is 29.8 Å². The lowest BCUT2D eigenvalue weighted by Gasteiger charge is -2.35. The fourth-order valence-electron chi connectivity index (χ4n) is 9.66. The van der Waals surface area contributed by atoms with Crippen molar-refractivity contribution in [2.24, 2.45) is 91.3 Å². The average molecular weight is 1490 g/mol.